The highest BCUT2D eigenvalue weighted by Gasteiger charge is 2.40. The van der Waals surface area contributed by atoms with Crippen LogP contribution in [-0.4, -0.2) is 0 Å². The van der Waals surface area contributed by atoms with Crippen LogP contribution in [0.25, 0.3) is 0 Å². The van der Waals surface area contributed by atoms with E-state index in [2.05, 4.69) is 86.1 Å². The average Bonchev–Trinajstić information content (AvgIpc) is 2.77. The minimum Gasteiger partial charge on any atom is -0.0622 e. The van der Waals surface area contributed by atoms with Crippen molar-refractivity contribution in [3.8, 4) is 0 Å². The molecule has 2 aromatic rings. The molecule has 1 heteroatoms. The third kappa shape index (κ3) is 2.49. The summed E-state index contributed by atoms with van der Waals surface area (Å²) in [5.41, 5.74) is 4.32. The summed E-state index contributed by atoms with van der Waals surface area (Å²) in [6.45, 7) is 4.48. The van der Waals surface area contributed by atoms with E-state index in [0.717, 1.165) is 6.16 Å². The SMILES string of the molecule is CC1=C[P+](Cc2ccccc2)(c2ccccc2)C=C1C. The molecule has 0 unspecified atom stereocenters. The molecule has 0 spiro atoms. The van der Waals surface area contributed by atoms with Gasteiger partial charge in [-0.05, 0) is 42.7 Å². The van der Waals surface area contributed by atoms with E-state index in [4.69, 9.17) is 0 Å². The quantitative estimate of drug-likeness (QED) is 0.664. The molecule has 0 aromatic heterocycles. The second-order valence-electron chi connectivity index (χ2n) is 5.53. The van der Waals surface area contributed by atoms with E-state index in [1.54, 1.807) is 0 Å². The summed E-state index contributed by atoms with van der Waals surface area (Å²) in [6, 6.07) is 21.9. The molecule has 20 heavy (non-hydrogen) atoms. The van der Waals surface area contributed by atoms with Crippen LogP contribution in [0.1, 0.15) is 19.4 Å². The van der Waals surface area contributed by atoms with Crippen molar-refractivity contribution >= 4 is 12.6 Å². The molecule has 0 N–H and O–H groups in total. The van der Waals surface area contributed by atoms with E-state index < -0.39 is 7.26 Å². The topological polar surface area (TPSA) is 0 Å². The molecule has 0 nitrogen and oxygen atoms in total. The maximum absolute atomic E-state index is 2.53. The highest BCUT2D eigenvalue weighted by molar-refractivity contribution is 7.88. The zero-order chi connectivity index (χ0) is 14.0. The van der Waals surface area contributed by atoms with Gasteiger partial charge in [0.2, 0.25) is 0 Å². The lowest BCUT2D eigenvalue weighted by molar-refractivity contribution is 1.39. The zero-order valence-electron chi connectivity index (χ0n) is 12.1. The van der Waals surface area contributed by atoms with Gasteiger partial charge in [0, 0.05) is 0 Å². The molecule has 0 amide bonds. The van der Waals surface area contributed by atoms with Gasteiger partial charge in [-0.2, -0.15) is 0 Å². The molecule has 1 heterocycles. The van der Waals surface area contributed by atoms with Crippen molar-refractivity contribution in [2.75, 3.05) is 0 Å². The lowest BCUT2D eigenvalue weighted by atomic mass is 10.2. The van der Waals surface area contributed by atoms with Crippen LogP contribution in [0.5, 0.6) is 0 Å². The van der Waals surface area contributed by atoms with Gasteiger partial charge in [0.25, 0.3) is 0 Å². The van der Waals surface area contributed by atoms with E-state index in [1.807, 2.05) is 0 Å². The molecular formula is C19H20P+. The minimum absolute atomic E-state index is 1.13. The van der Waals surface area contributed by atoms with Crippen LogP contribution in [0, 0.1) is 0 Å². The molecule has 0 saturated heterocycles. The largest absolute Gasteiger partial charge is 0.103 e. The molecular weight excluding hydrogens is 259 g/mol. The Balaban J connectivity index is 2.07. The first-order valence-corrected chi connectivity index (χ1v) is 9.17. The summed E-state index contributed by atoms with van der Waals surface area (Å²) in [4.78, 5) is 0. The number of benzene rings is 2. The van der Waals surface area contributed by atoms with Crippen LogP contribution in [0.2, 0.25) is 0 Å². The predicted molar refractivity (Wildman–Crippen MR) is 90.7 cm³/mol. The maximum Gasteiger partial charge on any atom is 0.103 e. The van der Waals surface area contributed by atoms with Gasteiger partial charge in [0.15, 0.2) is 0 Å². The summed E-state index contributed by atoms with van der Waals surface area (Å²) >= 11 is 0. The zero-order valence-corrected chi connectivity index (χ0v) is 13.0. The highest BCUT2D eigenvalue weighted by Crippen LogP contribution is 2.68. The first-order chi connectivity index (χ1) is 9.70. The van der Waals surface area contributed by atoms with Gasteiger partial charge in [-0.25, -0.2) is 0 Å². The number of hydrogen-bond donors (Lipinski definition) is 0. The smallest absolute Gasteiger partial charge is 0.0622 e. The lowest BCUT2D eigenvalue weighted by Crippen LogP contribution is -2.08. The van der Waals surface area contributed by atoms with Gasteiger partial charge in [-0.1, -0.05) is 48.5 Å². The van der Waals surface area contributed by atoms with Crippen molar-refractivity contribution in [3.05, 3.63) is 89.0 Å². The molecule has 3 rings (SSSR count). The Morgan fingerprint density at radius 3 is 1.75 bits per heavy atom. The summed E-state index contributed by atoms with van der Waals surface area (Å²) in [6.07, 6.45) is 1.13. The second kappa shape index (κ2) is 5.38. The van der Waals surface area contributed by atoms with Crippen molar-refractivity contribution in [2.24, 2.45) is 0 Å². The summed E-state index contributed by atoms with van der Waals surface area (Å²) in [5.74, 6) is 5.06. The van der Waals surface area contributed by atoms with Crippen molar-refractivity contribution in [1.82, 2.24) is 0 Å². The molecule has 1 aliphatic heterocycles. The first kappa shape index (κ1) is 13.3. The summed E-state index contributed by atoms with van der Waals surface area (Å²) < 4.78 is 0. The molecule has 1 aliphatic rings. The van der Waals surface area contributed by atoms with Gasteiger partial charge in [0.05, 0.1) is 17.8 Å². The highest BCUT2D eigenvalue weighted by atomic mass is 31.2. The first-order valence-electron chi connectivity index (χ1n) is 7.06. The van der Waals surface area contributed by atoms with Crippen molar-refractivity contribution in [1.29, 1.82) is 0 Å². The fraction of sp³-hybridized carbons (Fsp3) is 0.158. The van der Waals surface area contributed by atoms with Crippen LogP contribution in [0.3, 0.4) is 0 Å². The van der Waals surface area contributed by atoms with Crippen LogP contribution >= 0.6 is 7.26 Å². The standard InChI is InChI=1S/C19H20P/c1-16-13-20(14-17(16)2,19-11-7-4-8-12-19)15-18-9-5-3-6-10-18/h3-14H,15H2,1-2H3/q+1. The van der Waals surface area contributed by atoms with E-state index >= 15 is 0 Å². The van der Waals surface area contributed by atoms with Crippen LogP contribution in [0.15, 0.2) is 83.4 Å². The Hall–Kier alpha value is -1.65. The molecule has 0 fully saturated rings. The van der Waals surface area contributed by atoms with Gasteiger partial charge >= 0.3 is 0 Å². The molecule has 100 valence electrons. The Labute approximate surface area is 122 Å². The van der Waals surface area contributed by atoms with Gasteiger partial charge < -0.3 is 0 Å². The molecule has 2 aromatic carbocycles. The molecule has 0 atom stereocenters. The van der Waals surface area contributed by atoms with Crippen LogP contribution < -0.4 is 5.30 Å². The Morgan fingerprint density at radius 1 is 0.700 bits per heavy atom. The van der Waals surface area contributed by atoms with Crippen molar-refractivity contribution in [2.45, 2.75) is 20.0 Å². The number of hydrogen-bond acceptors (Lipinski definition) is 0. The Kier molecular flexibility index (Phi) is 3.59. The fourth-order valence-electron chi connectivity index (χ4n) is 2.85. The normalized spacial score (nSPS) is 16.7. The van der Waals surface area contributed by atoms with Crippen LogP contribution in [-0.2, 0) is 6.16 Å². The van der Waals surface area contributed by atoms with Crippen LogP contribution in [0.4, 0.5) is 0 Å². The minimum atomic E-state index is -1.36. The van der Waals surface area contributed by atoms with Gasteiger partial charge in [-0.3, -0.25) is 0 Å². The monoisotopic (exact) mass is 279 g/mol. The molecule has 0 saturated carbocycles. The van der Waals surface area contributed by atoms with Crippen molar-refractivity contribution < 1.29 is 0 Å². The van der Waals surface area contributed by atoms with E-state index in [0.29, 0.717) is 0 Å². The van der Waals surface area contributed by atoms with Gasteiger partial charge in [0.1, 0.15) is 12.6 Å². The number of rotatable bonds is 3. The molecule has 0 bridgehead atoms. The van der Waals surface area contributed by atoms with E-state index in [9.17, 15) is 0 Å². The molecule has 0 radical (unpaired) electrons. The second-order valence-corrected chi connectivity index (χ2v) is 8.74. The third-order valence-electron chi connectivity index (χ3n) is 3.99. The Bertz CT molecular complexity index is 633. The predicted octanol–water partition coefficient (Wildman–Crippen LogP) is 5.35. The van der Waals surface area contributed by atoms with Crippen molar-refractivity contribution in [3.63, 3.8) is 0 Å². The maximum atomic E-state index is 2.53. The molecule has 0 aliphatic carbocycles. The fourth-order valence-corrected chi connectivity index (χ4v) is 6.92. The van der Waals surface area contributed by atoms with E-state index in [1.165, 1.54) is 22.0 Å². The number of allylic oxidation sites excluding steroid dienone is 2. The summed E-state index contributed by atoms with van der Waals surface area (Å²) in [5, 5.41) is 1.49. The summed E-state index contributed by atoms with van der Waals surface area (Å²) in [7, 11) is -1.36. The van der Waals surface area contributed by atoms with E-state index in [-0.39, 0.29) is 0 Å². The lowest BCUT2D eigenvalue weighted by Gasteiger charge is -2.18. The Morgan fingerprint density at radius 2 is 1.20 bits per heavy atom. The average molecular weight is 279 g/mol. The van der Waals surface area contributed by atoms with Gasteiger partial charge in [-0.15, -0.1) is 0 Å². The third-order valence-corrected chi connectivity index (χ3v) is 7.84.